The summed E-state index contributed by atoms with van der Waals surface area (Å²) in [6, 6.07) is 0.878. The zero-order valence-electron chi connectivity index (χ0n) is 11.1. The summed E-state index contributed by atoms with van der Waals surface area (Å²) in [7, 11) is 0. The van der Waals surface area contributed by atoms with Crippen molar-refractivity contribution in [1.29, 1.82) is 0 Å². The fraction of sp³-hybridized carbons (Fsp3) is 1.00. The van der Waals surface area contributed by atoms with E-state index in [2.05, 4.69) is 28.2 Å². The molecule has 7 unspecified atom stereocenters. The first kappa shape index (κ1) is 13.3. The van der Waals surface area contributed by atoms with Crippen LogP contribution < -0.4 is 11.1 Å². The molecule has 7 atom stereocenters. The standard InChI is InChI=1S/C14H25BrN2O/c1-8-2-3-9(6-11(8)15)14-17-12-7-10(16)4-5-13(12)18-14/h8-14,17H,2-7,16H2,1H3. The molecule has 0 amide bonds. The van der Waals surface area contributed by atoms with Gasteiger partial charge in [0.05, 0.1) is 6.10 Å². The average molecular weight is 317 g/mol. The zero-order valence-corrected chi connectivity index (χ0v) is 12.7. The molecule has 1 saturated heterocycles. The maximum Gasteiger partial charge on any atom is 0.111 e. The monoisotopic (exact) mass is 316 g/mol. The normalized spacial score (nSPS) is 53.2. The predicted octanol–water partition coefficient (Wildman–Crippen LogP) is 2.38. The molecule has 104 valence electrons. The minimum atomic E-state index is 0.276. The number of hydrogen-bond acceptors (Lipinski definition) is 3. The van der Waals surface area contributed by atoms with Crippen molar-refractivity contribution in [1.82, 2.24) is 5.32 Å². The van der Waals surface area contributed by atoms with Crippen molar-refractivity contribution >= 4 is 15.9 Å². The van der Waals surface area contributed by atoms with Gasteiger partial charge in [-0.25, -0.2) is 0 Å². The highest BCUT2D eigenvalue weighted by Gasteiger charge is 2.42. The van der Waals surface area contributed by atoms with E-state index in [0.29, 0.717) is 28.9 Å². The number of hydrogen-bond donors (Lipinski definition) is 2. The minimum Gasteiger partial charge on any atom is -0.358 e. The summed E-state index contributed by atoms with van der Waals surface area (Å²) >= 11 is 3.82. The Kier molecular flexibility index (Phi) is 4.00. The first-order chi connectivity index (χ1) is 8.63. The summed E-state index contributed by atoms with van der Waals surface area (Å²) in [6.45, 7) is 2.34. The molecule has 0 aromatic carbocycles. The summed E-state index contributed by atoms with van der Waals surface area (Å²) in [4.78, 5) is 0.659. The first-order valence-electron chi connectivity index (χ1n) is 7.44. The second-order valence-corrected chi connectivity index (χ2v) is 7.68. The number of ether oxygens (including phenoxy) is 1. The first-order valence-corrected chi connectivity index (χ1v) is 8.36. The lowest BCUT2D eigenvalue weighted by Crippen LogP contribution is -2.44. The fourth-order valence-electron chi connectivity index (χ4n) is 3.77. The molecule has 1 heterocycles. The largest absolute Gasteiger partial charge is 0.358 e. The van der Waals surface area contributed by atoms with Gasteiger partial charge in [0.25, 0.3) is 0 Å². The molecule has 3 N–H and O–H groups in total. The van der Waals surface area contributed by atoms with Crippen LogP contribution in [0.1, 0.15) is 45.4 Å². The van der Waals surface area contributed by atoms with Crippen LogP contribution in [-0.4, -0.2) is 29.2 Å². The van der Waals surface area contributed by atoms with Gasteiger partial charge in [-0.1, -0.05) is 22.9 Å². The molecule has 2 aliphatic carbocycles. The van der Waals surface area contributed by atoms with Gasteiger partial charge in [-0.05, 0) is 50.4 Å². The smallest absolute Gasteiger partial charge is 0.111 e. The summed E-state index contributed by atoms with van der Waals surface area (Å²) < 4.78 is 6.25. The Bertz CT molecular complexity index is 302. The predicted molar refractivity (Wildman–Crippen MR) is 76.6 cm³/mol. The number of alkyl halides is 1. The summed E-state index contributed by atoms with van der Waals surface area (Å²) in [5.74, 6) is 1.48. The Hall–Kier alpha value is 0.360. The Morgan fingerprint density at radius 2 is 2.00 bits per heavy atom. The summed E-state index contributed by atoms with van der Waals surface area (Å²) in [6.07, 6.45) is 7.89. The van der Waals surface area contributed by atoms with Crippen molar-refractivity contribution < 1.29 is 4.74 Å². The van der Waals surface area contributed by atoms with Gasteiger partial charge in [0, 0.05) is 16.9 Å². The van der Waals surface area contributed by atoms with Crippen LogP contribution in [0.25, 0.3) is 0 Å². The van der Waals surface area contributed by atoms with E-state index in [1.54, 1.807) is 0 Å². The van der Waals surface area contributed by atoms with E-state index in [1.807, 2.05) is 0 Å². The molecular formula is C14H25BrN2O. The fourth-order valence-corrected chi connectivity index (χ4v) is 4.52. The molecule has 3 nitrogen and oxygen atoms in total. The van der Waals surface area contributed by atoms with E-state index < -0.39 is 0 Å². The van der Waals surface area contributed by atoms with Crippen molar-refractivity contribution in [3.8, 4) is 0 Å². The van der Waals surface area contributed by atoms with Crippen LogP contribution in [0, 0.1) is 11.8 Å². The van der Waals surface area contributed by atoms with Crippen LogP contribution in [0.5, 0.6) is 0 Å². The zero-order chi connectivity index (χ0) is 12.7. The van der Waals surface area contributed by atoms with Gasteiger partial charge in [-0.15, -0.1) is 0 Å². The van der Waals surface area contributed by atoms with Crippen LogP contribution in [0.2, 0.25) is 0 Å². The number of rotatable bonds is 1. The maximum absolute atomic E-state index is 6.25. The van der Waals surface area contributed by atoms with Crippen molar-refractivity contribution in [2.45, 2.75) is 74.7 Å². The Morgan fingerprint density at radius 1 is 1.17 bits per heavy atom. The molecule has 3 rings (SSSR count). The number of fused-ring (bicyclic) bond motifs is 1. The van der Waals surface area contributed by atoms with Crippen LogP contribution in [-0.2, 0) is 4.74 Å². The van der Waals surface area contributed by atoms with Crippen LogP contribution in [0.15, 0.2) is 0 Å². The van der Waals surface area contributed by atoms with Crippen LogP contribution >= 0.6 is 15.9 Å². The molecule has 0 spiro atoms. The van der Waals surface area contributed by atoms with Gasteiger partial charge >= 0.3 is 0 Å². The van der Waals surface area contributed by atoms with E-state index in [1.165, 1.54) is 19.3 Å². The molecule has 0 aromatic heterocycles. The third-order valence-corrected chi connectivity index (χ3v) is 6.37. The van der Waals surface area contributed by atoms with E-state index in [4.69, 9.17) is 10.5 Å². The highest BCUT2D eigenvalue weighted by molar-refractivity contribution is 9.09. The average Bonchev–Trinajstić information content (AvgIpc) is 2.75. The highest BCUT2D eigenvalue weighted by Crippen LogP contribution is 2.38. The summed E-state index contributed by atoms with van der Waals surface area (Å²) in [5.41, 5.74) is 6.05. The van der Waals surface area contributed by atoms with E-state index in [0.717, 1.165) is 25.2 Å². The molecular weight excluding hydrogens is 292 g/mol. The number of nitrogens with two attached hydrogens (primary N) is 1. The van der Waals surface area contributed by atoms with Gasteiger partial charge in [-0.3, -0.25) is 5.32 Å². The quantitative estimate of drug-likeness (QED) is 0.730. The van der Waals surface area contributed by atoms with Gasteiger partial charge in [0.1, 0.15) is 6.23 Å². The molecule has 18 heavy (non-hydrogen) atoms. The third kappa shape index (κ3) is 2.62. The maximum atomic E-state index is 6.25. The minimum absolute atomic E-state index is 0.276. The molecule has 0 aromatic rings. The number of nitrogens with one attached hydrogen (secondary N) is 1. The second kappa shape index (κ2) is 5.39. The Labute approximate surface area is 118 Å². The molecule has 0 bridgehead atoms. The number of halogens is 1. The van der Waals surface area contributed by atoms with Crippen molar-refractivity contribution in [3.05, 3.63) is 0 Å². The van der Waals surface area contributed by atoms with Gasteiger partial charge in [0.2, 0.25) is 0 Å². The van der Waals surface area contributed by atoms with Gasteiger partial charge in [0.15, 0.2) is 0 Å². The van der Waals surface area contributed by atoms with Crippen molar-refractivity contribution in [2.75, 3.05) is 0 Å². The second-order valence-electron chi connectivity index (χ2n) is 6.51. The molecule has 1 aliphatic heterocycles. The molecule has 3 aliphatic rings. The van der Waals surface area contributed by atoms with Crippen LogP contribution in [0.4, 0.5) is 0 Å². The lowest BCUT2D eigenvalue weighted by atomic mass is 9.82. The lowest BCUT2D eigenvalue weighted by Gasteiger charge is -2.34. The lowest BCUT2D eigenvalue weighted by molar-refractivity contribution is -0.0178. The molecule has 4 heteroatoms. The Morgan fingerprint density at radius 3 is 2.78 bits per heavy atom. The van der Waals surface area contributed by atoms with E-state index in [9.17, 15) is 0 Å². The highest BCUT2D eigenvalue weighted by atomic mass is 79.9. The Balaban J connectivity index is 1.58. The molecule has 2 saturated carbocycles. The van der Waals surface area contributed by atoms with Crippen molar-refractivity contribution in [2.24, 2.45) is 17.6 Å². The third-order valence-electron chi connectivity index (χ3n) is 5.09. The molecule has 3 fully saturated rings. The van der Waals surface area contributed by atoms with E-state index >= 15 is 0 Å². The van der Waals surface area contributed by atoms with E-state index in [-0.39, 0.29) is 6.23 Å². The SMILES string of the molecule is CC1CCC(C2NC3CC(N)CCC3O2)CC1Br. The van der Waals surface area contributed by atoms with Crippen molar-refractivity contribution in [3.63, 3.8) is 0 Å². The van der Waals surface area contributed by atoms with Crippen LogP contribution in [0.3, 0.4) is 0 Å². The van der Waals surface area contributed by atoms with Gasteiger partial charge < -0.3 is 10.5 Å². The molecule has 0 radical (unpaired) electrons. The summed E-state index contributed by atoms with van der Waals surface area (Å²) in [5, 5.41) is 3.71. The van der Waals surface area contributed by atoms with Gasteiger partial charge in [-0.2, -0.15) is 0 Å². The topological polar surface area (TPSA) is 47.3 Å².